The lowest BCUT2D eigenvalue weighted by molar-refractivity contribution is -0.116. The fraction of sp³-hybridized carbons (Fsp3) is 0.455. The maximum absolute atomic E-state index is 12.5. The van der Waals surface area contributed by atoms with Crippen molar-refractivity contribution in [1.29, 1.82) is 0 Å². The number of carbonyl (C=O) groups excluding carboxylic acids is 2. The van der Waals surface area contributed by atoms with E-state index in [9.17, 15) is 9.59 Å². The molecule has 2 heterocycles. The van der Waals surface area contributed by atoms with Crippen molar-refractivity contribution >= 4 is 17.5 Å². The van der Waals surface area contributed by atoms with Crippen LogP contribution in [0.1, 0.15) is 67.5 Å². The summed E-state index contributed by atoms with van der Waals surface area (Å²) in [7, 11) is 0. The highest BCUT2D eigenvalue weighted by Crippen LogP contribution is 2.23. The van der Waals surface area contributed by atoms with Crippen molar-refractivity contribution in [3.05, 3.63) is 53.1 Å². The summed E-state index contributed by atoms with van der Waals surface area (Å²) in [5.74, 6) is 0.790. The number of nitrogens with zero attached hydrogens (tertiary/aromatic N) is 2. The van der Waals surface area contributed by atoms with Gasteiger partial charge >= 0.3 is 0 Å². The van der Waals surface area contributed by atoms with Crippen LogP contribution in [0.3, 0.4) is 0 Å². The van der Waals surface area contributed by atoms with Gasteiger partial charge in [0.25, 0.3) is 5.91 Å². The molecule has 0 radical (unpaired) electrons. The van der Waals surface area contributed by atoms with Gasteiger partial charge in [0.05, 0.1) is 0 Å². The SMILES string of the molecule is CC(C)(C)c1nccc(CCCNC(=O)c2ccc3c(c2)CCCC(=O)N3)n1. The number of rotatable bonds is 5. The second-order valence-electron chi connectivity index (χ2n) is 8.25. The Kier molecular flexibility index (Phi) is 6.07. The van der Waals surface area contributed by atoms with Gasteiger partial charge < -0.3 is 10.6 Å². The van der Waals surface area contributed by atoms with Gasteiger partial charge in [-0.25, -0.2) is 9.97 Å². The molecule has 6 nitrogen and oxygen atoms in total. The third kappa shape index (κ3) is 5.15. The van der Waals surface area contributed by atoms with E-state index in [0.29, 0.717) is 18.5 Å². The van der Waals surface area contributed by atoms with E-state index in [4.69, 9.17) is 0 Å². The number of benzene rings is 1. The van der Waals surface area contributed by atoms with Crippen molar-refractivity contribution in [2.75, 3.05) is 11.9 Å². The maximum Gasteiger partial charge on any atom is 0.251 e. The third-order valence-electron chi connectivity index (χ3n) is 4.77. The van der Waals surface area contributed by atoms with Crippen LogP contribution in [-0.4, -0.2) is 28.3 Å². The average molecular weight is 380 g/mol. The first-order valence-corrected chi connectivity index (χ1v) is 9.86. The Morgan fingerprint density at radius 3 is 2.82 bits per heavy atom. The van der Waals surface area contributed by atoms with Crippen LogP contribution in [0.4, 0.5) is 5.69 Å². The number of fused-ring (bicyclic) bond motifs is 1. The summed E-state index contributed by atoms with van der Waals surface area (Å²) >= 11 is 0. The molecule has 1 aliphatic heterocycles. The molecule has 2 aromatic rings. The molecule has 148 valence electrons. The van der Waals surface area contributed by atoms with Crippen LogP contribution in [0.5, 0.6) is 0 Å². The largest absolute Gasteiger partial charge is 0.352 e. The summed E-state index contributed by atoms with van der Waals surface area (Å²) in [6, 6.07) is 7.40. The summed E-state index contributed by atoms with van der Waals surface area (Å²) in [5.41, 5.74) is 3.39. The van der Waals surface area contributed by atoms with Gasteiger partial charge in [-0.05, 0) is 55.5 Å². The number of hydrogen-bond acceptors (Lipinski definition) is 4. The standard InChI is InChI=1S/C22H28N4O2/c1-22(2,3)21-24-13-11-17(25-21)7-5-12-23-20(28)16-9-10-18-15(14-16)6-4-8-19(27)26-18/h9-11,13-14H,4-8,12H2,1-3H3,(H,23,28)(H,26,27). The minimum absolute atomic E-state index is 0.0373. The molecule has 1 aromatic heterocycles. The number of anilines is 1. The molecule has 0 atom stereocenters. The lowest BCUT2D eigenvalue weighted by Crippen LogP contribution is -2.25. The van der Waals surface area contributed by atoms with Crippen molar-refractivity contribution in [3.63, 3.8) is 0 Å². The van der Waals surface area contributed by atoms with Gasteiger partial charge in [0.1, 0.15) is 5.82 Å². The van der Waals surface area contributed by atoms with Crippen LogP contribution in [0.2, 0.25) is 0 Å². The molecule has 0 fully saturated rings. The van der Waals surface area contributed by atoms with Gasteiger partial charge in [0.15, 0.2) is 0 Å². The zero-order chi connectivity index (χ0) is 20.1. The Morgan fingerprint density at radius 1 is 1.21 bits per heavy atom. The van der Waals surface area contributed by atoms with Crippen LogP contribution in [-0.2, 0) is 23.1 Å². The van der Waals surface area contributed by atoms with Gasteiger partial charge in [0, 0.05) is 41.5 Å². The predicted octanol–water partition coefficient (Wildman–Crippen LogP) is 3.41. The topological polar surface area (TPSA) is 84.0 Å². The molecule has 1 aliphatic rings. The molecule has 2 N–H and O–H groups in total. The highest BCUT2D eigenvalue weighted by atomic mass is 16.2. The Bertz CT molecular complexity index is 871. The second kappa shape index (κ2) is 8.50. The summed E-state index contributed by atoms with van der Waals surface area (Å²) in [6.45, 7) is 6.87. The maximum atomic E-state index is 12.5. The quantitative estimate of drug-likeness (QED) is 0.779. The molecule has 0 aliphatic carbocycles. The van der Waals surface area contributed by atoms with Crippen LogP contribution in [0.15, 0.2) is 30.5 Å². The number of nitrogens with one attached hydrogen (secondary N) is 2. The normalized spacial score (nSPS) is 14.0. The predicted molar refractivity (Wildman–Crippen MR) is 109 cm³/mol. The van der Waals surface area contributed by atoms with Gasteiger partial charge in [-0.2, -0.15) is 0 Å². The lowest BCUT2D eigenvalue weighted by atomic mass is 9.95. The molecule has 0 bridgehead atoms. The van der Waals surface area contributed by atoms with Gasteiger partial charge in [-0.1, -0.05) is 20.8 Å². The van der Waals surface area contributed by atoms with Crippen molar-refractivity contribution < 1.29 is 9.59 Å². The minimum Gasteiger partial charge on any atom is -0.352 e. The molecule has 0 spiro atoms. The zero-order valence-corrected chi connectivity index (χ0v) is 16.8. The smallest absolute Gasteiger partial charge is 0.251 e. The molecule has 0 saturated carbocycles. The summed E-state index contributed by atoms with van der Waals surface area (Å²) in [4.78, 5) is 33.1. The first-order chi connectivity index (χ1) is 13.3. The third-order valence-corrected chi connectivity index (χ3v) is 4.77. The molecular formula is C22H28N4O2. The van der Waals surface area contributed by atoms with Crippen LogP contribution in [0, 0.1) is 0 Å². The van der Waals surface area contributed by atoms with E-state index in [1.807, 2.05) is 18.2 Å². The highest BCUT2D eigenvalue weighted by Gasteiger charge is 2.17. The van der Waals surface area contributed by atoms with Crippen LogP contribution < -0.4 is 10.6 Å². The first-order valence-electron chi connectivity index (χ1n) is 9.86. The number of hydrogen-bond donors (Lipinski definition) is 2. The lowest BCUT2D eigenvalue weighted by Gasteiger charge is -2.16. The fourth-order valence-corrected chi connectivity index (χ4v) is 3.19. The van der Waals surface area contributed by atoms with Crippen molar-refractivity contribution in [2.24, 2.45) is 0 Å². The van der Waals surface area contributed by atoms with E-state index >= 15 is 0 Å². The number of carbonyl (C=O) groups is 2. The molecular weight excluding hydrogens is 352 g/mol. The minimum atomic E-state index is -0.0866. The molecule has 1 aromatic carbocycles. The van der Waals surface area contributed by atoms with E-state index in [2.05, 4.69) is 41.4 Å². The van der Waals surface area contributed by atoms with Gasteiger partial charge in [-0.3, -0.25) is 9.59 Å². The fourth-order valence-electron chi connectivity index (χ4n) is 3.19. The average Bonchev–Trinajstić information content (AvgIpc) is 2.84. The zero-order valence-electron chi connectivity index (χ0n) is 16.8. The molecule has 3 rings (SSSR count). The Labute approximate surface area is 166 Å². The van der Waals surface area contributed by atoms with Crippen LogP contribution in [0.25, 0.3) is 0 Å². The summed E-state index contributed by atoms with van der Waals surface area (Å²) in [6.07, 6.45) is 5.54. The molecule has 0 saturated heterocycles. The molecule has 2 amide bonds. The van der Waals surface area contributed by atoms with E-state index < -0.39 is 0 Å². The number of amides is 2. The monoisotopic (exact) mass is 380 g/mol. The van der Waals surface area contributed by atoms with E-state index in [0.717, 1.165) is 48.5 Å². The number of aromatic nitrogens is 2. The Morgan fingerprint density at radius 2 is 2.04 bits per heavy atom. The first kappa shape index (κ1) is 20.0. The van der Waals surface area contributed by atoms with E-state index in [1.54, 1.807) is 12.3 Å². The van der Waals surface area contributed by atoms with Gasteiger partial charge in [0.2, 0.25) is 5.91 Å². The van der Waals surface area contributed by atoms with E-state index in [1.165, 1.54) is 0 Å². The molecule has 28 heavy (non-hydrogen) atoms. The Balaban J connectivity index is 1.52. The molecule has 0 unspecified atom stereocenters. The van der Waals surface area contributed by atoms with Crippen LogP contribution >= 0.6 is 0 Å². The summed E-state index contributed by atoms with van der Waals surface area (Å²) < 4.78 is 0. The van der Waals surface area contributed by atoms with Crippen molar-refractivity contribution in [1.82, 2.24) is 15.3 Å². The van der Waals surface area contributed by atoms with Gasteiger partial charge in [-0.15, -0.1) is 0 Å². The molecule has 6 heteroatoms. The van der Waals surface area contributed by atoms with Crippen molar-refractivity contribution in [2.45, 2.75) is 58.3 Å². The number of aryl methyl sites for hydroxylation is 2. The second-order valence-corrected chi connectivity index (χ2v) is 8.25. The van der Waals surface area contributed by atoms with E-state index in [-0.39, 0.29) is 17.2 Å². The highest BCUT2D eigenvalue weighted by molar-refractivity contribution is 5.97. The summed E-state index contributed by atoms with van der Waals surface area (Å²) in [5, 5.41) is 5.87. The van der Waals surface area contributed by atoms with Crippen molar-refractivity contribution in [3.8, 4) is 0 Å². The Hall–Kier alpha value is -2.76.